The lowest BCUT2D eigenvalue weighted by Crippen LogP contribution is -1.88. The molecule has 64 valence electrons. The van der Waals surface area contributed by atoms with Gasteiger partial charge in [0.2, 0.25) is 0 Å². The maximum absolute atomic E-state index is 10.4. The minimum Gasteiger partial charge on any atom is -0.505 e. The molecule has 4 heteroatoms. The Morgan fingerprint density at radius 2 is 2.23 bits per heavy atom. The predicted molar refractivity (Wildman–Crippen MR) is 46.6 cm³/mol. The lowest BCUT2D eigenvalue weighted by Gasteiger charge is -1.99. The largest absolute Gasteiger partial charge is 0.505 e. The van der Waals surface area contributed by atoms with E-state index in [4.69, 9.17) is 0 Å². The van der Waals surface area contributed by atoms with Gasteiger partial charge in [0, 0.05) is 12.4 Å². The van der Waals surface area contributed by atoms with Gasteiger partial charge in [-0.05, 0) is 12.1 Å². The van der Waals surface area contributed by atoms with Crippen LogP contribution in [0.2, 0.25) is 0 Å². The highest BCUT2D eigenvalue weighted by atomic mass is 16.3. The monoisotopic (exact) mass is 174 g/mol. The molecule has 0 aliphatic carbocycles. The summed E-state index contributed by atoms with van der Waals surface area (Å²) < 4.78 is 0. The van der Waals surface area contributed by atoms with E-state index in [0.717, 1.165) is 0 Å². The molecule has 2 heterocycles. The topological polar surface area (TPSA) is 63.1 Å². The summed E-state index contributed by atoms with van der Waals surface area (Å²) in [6, 6.07) is 3.44. The van der Waals surface area contributed by atoms with E-state index in [0.29, 0.717) is 17.3 Å². The van der Waals surface area contributed by atoms with E-state index >= 15 is 0 Å². The SMILES string of the molecule is O=Cc1cnc2cccnc2c1O. The van der Waals surface area contributed by atoms with Gasteiger partial charge in [0.1, 0.15) is 5.52 Å². The predicted octanol–water partition coefficient (Wildman–Crippen LogP) is 1.15. The molecule has 0 bridgehead atoms. The summed E-state index contributed by atoms with van der Waals surface area (Å²) in [6.45, 7) is 0. The van der Waals surface area contributed by atoms with Crippen molar-refractivity contribution in [1.82, 2.24) is 9.97 Å². The van der Waals surface area contributed by atoms with Crippen LogP contribution in [0.25, 0.3) is 11.0 Å². The number of fused-ring (bicyclic) bond motifs is 1. The molecular formula is C9H6N2O2. The van der Waals surface area contributed by atoms with Gasteiger partial charge in [0.15, 0.2) is 12.0 Å². The summed E-state index contributed by atoms with van der Waals surface area (Å²) in [5.74, 6) is -0.111. The minimum atomic E-state index is -0.111. The first kappa shape index (κ1) is 7.67. The van der Waals surface area contributed by atoms with Gasteiger partial charge in [0.25, 0.3) is 0 Å². The van der Waals surface area contributed by atoms with Crippen molar-refractivity contribution in [3.63, 3.8) is 0 Å². The number of rotatable bonds is 1. The Morgan fingerprint density at radius 3 is 3.00 bits per heavy atom. The fraction of sp³-hybridized carbons (Fsp3) is 0. The van der Waals surface area contributed by atoms with Gasteiger partial charge >= 0.3 is 0 Å². The Kier molecular flexibility index (Phi) is 1.66. The second-order valence-corrected chi connectivity index (χ2v) is 2.55. The molecule has 4 nitrogen and oxygen atoms in total. The van der Waals surface area contributed by atoms with Crippen LogP contribution in [0.15, 0.2) is 24.5 Å². The average Bonchev–Trinajstić information content (AvgIpc) is 2.19. The molecule has 0 fully saturated rings. The van der Waals surface area contributed by atoms with Gasteiger partial charge in [-0.2, -0.15) is 0 Å². The van der Waals surface area contributed by atoms with Crippen molar-refractivity contribution in [3.8, 4) is 5.75 Å². The fourth-order valence-electron chi connectivity index (χ4n) is 1.11. The first-order chi connectivity index (χ1) is 6.33. The van der Waals surface area contributed by atoms with E-state index < -0.39 is 0 Å². The Morgan fingerprint density at radius 1 is 1.38 bits per heavy atom. The Bertz CT molecular complexity index is 468. The molecular weight excluding hydrogens is 168 g/mol. The molecule has 0 spiro atoms. The quantitative estimate of drug-likeness (QED) is 0.658. The average molecular weight is 174 g/mol. The number of carbonyl (C=O) groups excluding carboxylic acids is 1. The molecule has 0 aliphatic heterocycles. The van der Waals surface area contributed by atoms with Gasteiger partial charge in [-0.25, -0.2) is 0 Å². The molecule has 0 aliphatic rings. The molecule has 0 radical (unpaired) electrons. The molecule has 0 unspecified atom stereocenters. The number of aldehydes is 1. The summed E-state index contributed by atoms with van der Waals surface area (Å²) in [7, 11) is 0. The number of hydrogen-bond acceptors (Lipinski definition) is 4. The van der Waals surface area contributed by atoms with E-state index in [1.807, 2.05) is 0 Å². The standard InChI is InChI=1S/C9H6N2O2/c12-5-6-4-11-7-2-1-3-10-8(7)9(6)13/h1-5H,(H,11,13). The first-order valence-corrected chi connectivity index (χ1v) is 3.71. The number of aromatic hydroxyl groups is 1. The zero-order valence-electron chi connectivity index (χ0n) is 6.64. The molecule has 0 saturated heterocycles. The first-order valence-electron chi connectivity index (χ1n) is 3.71. The zero-order valence-corrected chi connectivity index (χ0v) is 6.64. The third-order valence-corrected chi connectivity index (χ3v) is 1.75. The van der Waals surface area contributed by atoms with Crippen molar-refractivity contribution >= 4 is 17.3 Å². The Balaban J connectivity index is 2.86. The Labute approximate surface area is 73.9 Å². The van der Waals surface area contributed by atoms with Gasteiger partial charge < -0.3 is 5.11 Å². The fourth-order valence-corrected chi connectivity index (χ4v) is 1.11. The molecule has 1 N–H and O–H groups in total. The van der Waals surface area contributed by atoms with E-state index in [-0.39, 0.29) is 11.3 Å². The number of hydrogen-bond donors (Lipinski definition) is 1. The summed E-state index contributed by atoms with van der Waals surface area (Å²) in [6.07, 6.45) is 3.42. The molecule has 0 aromatic carbocycles. The molecule has 13 heavy (non-hydrogen) atoms. The van der Waals surface area contributed by atoms with E-state index in [2.05, 4.69) is 9.97 Å². The van der Waals surface area contributed by atoms with Crippen molar-refractivity contribution < 1.29 is 9.90 Å². The summed E-state index contributed by atoms with van der Waals surface area (Å²) in [5, 5.41) is 9.52. The van der Waals surface area contributed by atoms with Gasteiger partial charge in [-0.15, -0.1) is 0 Å². The zero-order chi connectivity index (χ0) is 9.26. The number of nitrogens with zero attached hydrogens (tertiary/aromatic N) is 2. The van der Waals surface area contributed by atoms with Gasteiger partial charge in [-0.1, -0.05) is 0 Å². The lowest BCUT2D eigenvalue weighted by atomic mass is 10.2. The normalized spacial score (nSPS) is 10.2. The maximum Gasteiger partial charge on any atom is 0.155 e. The number of pyridine rings is 2. The highest BCUT2D eigenvalue weighted by molar-refractivity contribution is 5.90. The van der Waals surface area contributed by atoms with Crippen molar-refractivity contribution in [2.75, 3.05) is 0 Å². The van der Waals surface area contributed by atoms with Crippen LogP contribution in [0, 0.1) is 0 Å². The van der Waals surface area contributed by atoms with Crippen LogP contribution in [-0.2, 0) is 0 Å². The van der Waals surface area contributed by atoms with Crippen LogP contribution in [0.4, 0.5) is 0 Å². The van der Waals surface area contributed by atoms with Crippen LogP contribution >= 0.6 is 0 Å². The minimum absolute atomic E-state index is 0.111. The van der Waals surface area contributed by atoms with Crippen LogP contribution in [-0.4, -0.2) is 21.4 Å². The lowest BCUT2D eigenvalue weighted by molar-refractivity contribution is 0.112. The third kappa shape index (κ3) is 1.12. The van der Waals surface area contributed by atoms with E-state index in [9.17, 15) is 9.90 Å². The summed E-state index contributed by atoms with van der Waals surface area (Å²) >= 11 is 0. The van der Waals surface area contributed by atoms with Gasteiger partial charge in [-0.3, -0.25) is 14.8 Å². The van der Waals surface area contributed by atoms with E-state index in [1.165, 1.54) is 12.4 Å². The highest BCUT2D eigenvalue weighted by Gasteiger charge is 2.06. The molecule has 2 aromatic rings. The van der Waals surface area contributed by atoms with Crippen molar-refractivity contribution in [2.45, 2.75) is 0 Å². The molecule has 0 atom stereocenters. The molecule has 0 saturated carbocycles. The molecule has 2 aromatic heterocycles. The van der Waals surface area contributed by atoms with Crippen LogP contribution in [0.1, 0.15) is 10.4 Å². The summed E-state index contributed by atoms with van der Waals surface area (Å²) in [4.78, 5) is 18.3. The van der Waals surface area contributed by atoms with Crippen LogP contribution in [0.5, 0.6) is 5.75 Å². The second kappa shape index (κ2) is 2.82. The van der Waals surface area contributed by atoms with Crippen molar-refractivity contribution in [2.24, 2.45) is 0 Å². The van der Waals surface area contributed by atoms with Crippen LogP contribution in [0.3, 0.4) is 0 Å². The van der Waals surface area contributed by atoms with Gasteiger partial charge in [0.05, 0.1) is 11.1 Å². The maximum atomic E-state index is 10.4. The smallest absolute Gasteiger partial charge is 0.155 e. The Hall–Kier alpha value is -1.97. The molecule has 2 rings (SSSR count). The highest BCUT2D eigenvalue weighted by Crippen LogP contribution is 2.22. The third-order valence-electron chi connectivity index (χ3n) is 1.75. The molecule has 0 amide bonds. The van der Waals surface area contributed by atoms with Crippen molar-refractivity contribution in [3.05, 3.63) is 30.1 Å². The van der Waals surface area contributed by atoms with E-state index in [1.54, 1.807) is 12.1 Å². The van der Waals surface area contributed by atoms with Crippen molar-refractivity contribution in [1.29, 1.82) is 0 Å². The number of aromatic nitrogens is 2. The second-order valence-electron chi connectivity index (χ2n) is 2.55. The van der Waals surface area contributed by atoms with Crippen LogP contribution < -0.4 is 0 Å². The summed E-state index contributed by atoms with van der Waals surface area (Å²) in [5.41, 5.74) is 1.09. The number of carbonyl (C=O) groups is 1.